The van der Waals surface area contributed by atoms with Crippen LogP contribution in [0.1, 0.15) is 25.8 Å². The van der Waals surface area contributed by atoms with E-state index in [1.807, 2.05) is 0 Å². The molecule has 1 aromatic rings. The zero-order valence-corrected chi connectivity index (χ0v) is 8.28. The Hall–Kier alpha value is -1.63. The second-order valence-corrected chi connectivity index (χ2v) is 4.41. The van der Waals surface area contributed by atoms with E-state index >= 15 is 0 Å². The van der Waals surface area contributed by atoms with E-state index in [-0.39, 0.29) is 11.4 Å². The Labute approximate surface area is 82.8 Å². The van der Waals surface area contributed by atoms with Gasteiger partial charge in [-0.2, -0.15) is 5.26 Å². The summed E-state index contributed by atoms with van der Waals surface area (Å²) in [6.45, 7) is 4.15. The lowest BCUT2D eigenvalue weighted by Crippen LogP contribution is -2.13. The van der Waals surface area contributed by atoms with Gasteiger partial charge in [0, 0.05) is 18.0 Å². The van der Waals surface area contributed by atoms with Gasteiger partial charge in [0.1, 0.15) is 0 Å². The number of hydrogen-bond acceptors (Lipinski definition) is 4. The van der Waals surface area contributed by atoms with Crippen molar-refractivity contribution in [3.8, 4) is 6.07 Å². The van der Waals surface area contributed by atoms with Crippen molar-refractivity contribution in [3.05, 3.63) is 18.0 Å². The SMILES string of the molecule is CC1(C)CC1(C#N)c1cnc(N)nc1. The van der Waals surface area contributed by atoms with Crippen molar-refractivity contribution in [1.29, 1.82) is 5.26 Å². The predicted octanol–water partition coefficient (Wildman–Crippen LogP) is 1.25. The van der Waals surface area contributed by atoms with Crippen molar-refractivity contribution >= 4 is 5.95 Å². The minimum atomic E-state index is -0.402. The average molecular weight is 188 g/mol. The molecule has 0 amide bonds. The first-order valence-corrected chi connectivity index (χ1v) is 4.51. The molecule has 14 heavy (non-hydrogen) atoms. The number of anilines is 1. The Morgan fingerprint density at radius 3 is 2.29 bits per heavy atom. The number of nitrogens with two attached hydrogens (primary N) is 1. The van der Waals surface area contributed by atoms with Crippen molar-refractivity contribution in [1.82, 2.24) is 9.97 Å². The zero-order valence-electron chi connectivity index (χ0n) is 8.28. The van der Waals surface area contributed by atoms with Gasteiger partial charge in [-0.25, -0.2) is 9.97 Å². The molecule has 0 bridgehead atoms. The van der Waals surface area contributed by atoms with Crippen LogP contribution in [-0.2, 0) is 5.41 Å². The normalized spacial score (nSPS) is 28.1. The van der Waals surface area contributed by atoms with Crippen molar-refractivity contribution in [2.24, 2.45) is 5.41 Å². The minimum Gasteiger partial charge on any atom is -0.368 e. The molecule has 2 N–H and O–H groups in total. The maximum atomic E-state index is 9.18. The predicted molar refractivity (Wildman–Crippen MR) is 52.1 cm³/mol. The molecule has 1 aliphatic rings. The summed E-state index contributed by atoms with van der Waals surface area (Å²) >= 11 is 0. The smallest absolute Gasteiger partial charge is 0.219 e. The maximum absolute atomic E-state index is 9.18. The third-order valence-electron chi connectivity index (χ3n) is 3.09. The van der Waals surface area contributed by atoms with Gasteiger partial charge in [0.05, 0.1) is 11.5 Å². The minimum absolute atomic E-state index is 0.0290. The molecule has 2 rings (SSSR count). The molecule has 72 valence electrons. The van der Waals surface area contributed by atoms with Crippen molar-refractivity contribution in [2.75, 3.05) is 5.73 Å². The fourth-order valence-corrected chi connectivity index (χ4v) is 1.93. The molecule has 1 saturated carbocycles. The third-order valence-corrected chi connectivity index (χ3v) is 3.09. The van der Waals surface area contributed by atoms with Crippen LogP contribution >= 0.6 is 0 Å². The van der Waals surface area contributed by atoms with E-state index in [0.717, 1.165) is 12.0 Å². The molecular formula is C10H12N4. The zero-order chi connectivity index (χ0) is 10.4. The quantitative estimate of drug-likeness (QED) is 0.719. The lowest BCUT2D eigenvalue weighted by molar-refractivity contribution is 0.568. The highest BCUT2D eigenvalue weighted by Gasteiger charge is 2.63. The van der Waals surface area contributed by atoms with Gasteiger partial charge in [-0.1, -0.05) is 13.8 Å². The second-order valence-electron chi connectivity index (χ2n) is 4.41. The number of rotatable bonds is 1. The Balaban J connectivity index is 2.42. The highest BCUT2D eigenvalue weighted by atomic mass is 15.0. The molecule has 0 radical (unpaired) electrons. The Morgan fingerprint density at radius 2 is 1.93 bits per heavy atom. The van der Waals surface area contributed by atoms with Gasteiger partial charge < -0.3 is 5.73 Å². The van der Waals surface area contributed by atoms with Crippen molar-refractivity contribution in [2.45, 2.75) is 25.7 Å². The Bertz CT molecular complexity index is 401. The fraction of sp³-hybridized carbons (Fsp3) is 0.500. The van der Waals surface area contributed by atoms with E-state index in [0.29, 0.717) is 0 Å². The van der Waals surface area contributed by atoms with Crippen LogP contribution in [0.15, 0.2) is 12.4 Å². The molecule has 1 aliphatic carbocycles. The third kappa shape index (κ3) is 0.987. The molecule has 1 atom stereocenters. The first kappa shape index (κ1) is 8.95. The van der Waals surface area contributed by atoms with E-state index in [4.69, 9.17) is 5.73 Å². The average Bonchev–Trinajstić information content (AvgIpc) is 2.71. The molecule has 0 aromatic carbocycles. The van der Waals surface area contributed by atoms with E-state index in [9.17, 15) is 5.26 Å². The molecular weight excluding hydrogens is 176 g/mol. The van der Waals surface area contributed by atoms with Gasteiger partial charge in [-0.3, -0.25) is 0 Å². The summed E-state index contributed by atoms with van der Waals surface area (Å²) < 4.78 is 0. The standard InChI is InChI=1S/C10H12N4/c1-9(2)5-10(9,6-11)7-3-13-8(12)14-4-7/h3-4H,5H2,1-2H3,(H2,12,13,14). The van der Waals surface area contributed by atoms with E-state index in [1.54, 1.807) is 12.4 Å². The molecule has 4 heteroatoms. The number of nitriles is 1. The fourth-order valence-electron chi connectivity index (χ4n) is 1.93. The Kier molecular flexibility index (Phi) is 1.56. The topological polar surface area (TPSA) is 75.6 Å². The highest BCUT2D eigenvalue weighted by molar-refractivity contribution is 5.43. The van der Waals surface area contributed by atoms with Crippen LogP contribution in [0.4, 0.5) is 5.95 Å². The summed E-state index contributed by atoms with van der Waals surface area (Å²) in [5, 5.41) is 9.18. The lowest BCUT2D eigenvalue weighted by Gasteiger charge is -2.11. The summed E-state index contributed by atoms with van der Waals surface area (Å²) in [5.41, 5.74) is 5.90. The number of aromatic nitrogens is 2. The van der Waals surface area contributed by atoms with Gasteiger partial charge >= 0.3 is 0 Å². The Morgan fingerprint density at radius 1 is 1.43 bits per heavy atom. The van der Waals surface area contributed by atoms with Crippen LogP contribution in [0.5, 0.6) is 0 Å². The van der Waals surface area contributed by atoms with Crippen molar-refractivity contribution in [3.63, 3.8) is 0 Å². The van der Waals surface area contributed by atoms with Crippen LogP contribution in [0.25, 0.3) is 0 Å². The molecule has 0 saturated heterocycles. The van der Waals surface area contributed by atoms with Gasteiger partial charge in [0.15, 0.2) is 0 Å². The molecule has 0 spiro atoms. The molecule has 1 unspecified atom stereocenters. The van der Waals surface area contributed by atoms with Gasteiger partial charge in [0.2, 0.25) is 5.95 Å². The van der Waals surface area contributed by atoms with Crippen LogP contribution in [0.2, 0.25) is 0 Å². The first-order chi connectivity index (χ1) is 6.52. The monoisotopic (exact) mass is 188 g/mol. The van der Waals surface area contributed by atoms with Gasteiger partial charge in [-0.15, -0.1) is 0 Å². The van der Waals surface area contributed by atoms with Crippen LogP contribution in [0.3, 0.4) is 0 Å². The van der Waals surface area contributed by atoms with Crippen molar-refractivity contribution < 1.29 is 0 Å². The summed E-state index contributed by atoms with van der Waals surface area (Å²) in [4.78, 5) is 7.83. The summed E-state index contributed by atoms with van der Waals surface area (Å²) in [6.07, 6.45) is 4.17. The molecule has 4 nitrogen and oxygen atoms in total. The molecule has 1 aromatic heterocycles. The van der Waals surface area contributed by atoms with E-state index in [2.05, 4.69) is 29.9 Å². The lowest BCUT2D eigenvalue weighted by atomic mass is 9.91. The van der Waals surface area contributed by atoms with Gasteiger partial charge in [-0.05, 0) is 11.8 Å². The van der Waals surface area contributed by atoms with Gasteiger partial charge in [0.25, 0.3) is 0 Å². The highest BCUT2D eigenvalue weighted by Crippen LogP contribution is 2.63. The molecule has 1 fully saturated rings. The number of hydrogen-bond donors (Lipinski definition) is 1. The number of nitrogen functional groups attached to an aromatic ring is 1. The summed E-state index contributed by atoms with van der Waals surface area (Å²) in [6, 6.07) is 2.36. The largest absolute Gasteiger partial charge is 0.368 e. The van der Waals surface area contributed by atoms with Crippen LogP contribution < -0.4 is 5.73 Å². The van der Waals surface area contributed by atoms with E-state index in [1.165, 1.54) is 0 Å². The summed E-state index contributed by atoms with van der Waals surface area (Å²) in [5.74, 6) is 0.250. The second kappa shape index (κ2) is 2.44. The first-order valence-electron chi connectivity index (χ1n) is 4.51. The van der Waals surface area contributed by atoms with Crippen LogP contribution in [-0.4, -0.2) is 9.97 Å². The van der Waals surface area contributed by atoms with E-state index < -0.39 is 5.41 Å². The summed E-state index contributed by atoms with van der Waals surface area (Å²) in [7, 11) is 0. The number of nitrogens with zero attached hydrogens (tertiary/aromatic N) is 3. The molecule has 0 aliphatic heterocycles. The maximum Gasteiger partial charge on any atom is 0.219 e. The van der Waals surface area contributed by atoms with Crippen LogP contribution in [0, 0.1) is 16.7 Å². The molecule has 1 heterocycles.